The number of sulfonamides is 1. The second-order valence-corrected chi connectivity index (χ2v) is 10.5. The van der Waals surface area contributed by atoms with Crippen LogP contribution in [-0.4, -0.2) is 45.1 Å². The Kier molecular flexibility index (Phi) is 11.3. The Morgan fingerprint density at radius 1 is 0.806 bits per heavy atom. The van der Waals surface area contributed by atoms with Gasteiger partial charge in [0.2, 0.25) is 10.0 Å². The Bertz CT molecular complexity index is 1120. The van der Waals surface area contributed by atoms with Gasteiger partial charge in [-0.2, -0.15) is 0 Å². The molecule has 172 valence electrons. The van der Waals surface area contributed by atoms with Crippen LogP contribution in [0.5, 0.6) is 0 Å². The highest BCUT2D eigenvalue weighted by molar-refractivity contribution is 8.13. The predicted molar refractivity (Wildman–Crippen MR) is 116 cm³/mol. The van der Waals surface area contributed by atoms with Gasteiger partial charge in [0.25, 0.3) is 20.4 Å². The van der Waals surface area contributed by atoms with Crippen LogP contribution in [0, 0.1) is 20.2 Å². The number of nitro groups is 2. The van der Waals surface area contributed by atoms with Gasteiger partial charge in [0.1, 0.15) is 0 Å². The fraction of sp³-hybridized carbons (Fsp3) is 0.294. The molecule has 0 saturated heterocycles. The molecule has 2 aromatic rings. The first-order chi connectivity index (χ1) is 14.2. The van der Waals surface area contributed by atoms with E-state index in [1.807, 2.05) is 0 Å². The van der Waals surface area contributed by atoms with Gasteiger partial charge in [-0.05, 0) is 12.1 Å². The van der Waals surface area contributed by atoms with Gasteiger partial charge in [0.15, 0.2) is 9.79 Å². The van der Waals surface area contributed by atoms with E-state index in [0.29, 0.717) is 0 Å². The average molecular weight is 496 g/mol. The third-order valence-corrected chi connectivity index (χ3v) is 6.38. The minimum atomic E-state index is -4.05. The van der Waals surface area contributed by atoms with Gasteiger partial charge in [-0.3, -0.25) is 20.2 Å². The molecule has 0 spiro atoms. The molecule has 2 rings (SSSR count). The van der Waals surface area contributed by atoms with Crippen LogP contribution >= 0.6 is 10.7 Å². The van der Waals surface area contributed by atoms with Crippen LogP contribution in [0.2, 0.25) is 0 Å². The Balaban J connectivity index is 0.000000519. The molecule has 0 unspecified atom stereocenters. The van der Waals surface area contributed by atoms with Crippen molar-refractivity contribution >= 4 is 41.1 Å². The second kappa shape index (κ2) is 12.3. The first kappa shape index (κ1) is 28.4. The van der Waals surface area contributed by atoms with Crippen LogP contribution in [0.15, 0.2) is 58.3 Å². The van der Waals surface area contributed by atoms with Crippen molar-refractivity contribution < 1.29 is 26.7 Å². The highest BCUT2D eigenvalue weighted by Crippen LogP contribution is 2.26. The predicted octanol–water partition coefficient (Wildman–Crippen LogP) is 3.78. The van der Waals surface area contributed by atoms with Gasteiger partial charge in [0, 0.05) is 36.9 Å². The summed E-state index contributed by atoms with van der Waals surface area (Å²) in [5.41, 5.74) is -0.927. The summed E-state index contributed by atoms with van der Waals surface area (Å²) in [4.78, 5) is 18.7. The maximum atomic E-state index is 11.7. The van der Waals surface area contributed by atoms with Crippen molar-refractivity contribution in [1.82, 2.24) is 4.31 Å². The number of rotatable bonds is 5. The summed E-state index contributed by atoms with van der Waals surface area (Å²) >= 11 is 0. The molecule has 11 nitrogen and oxygen atoms in total. The molecule has 0 radical (unpaired) electrons. The van der Waals surface area contributed by atoms with E-state index in [-0.39, 0.29) is 4.90 Å². The van der Waals surface area contributed by atoms with Crippen LogP contribution < -0.4 is 0 Å². The molecule has 0 atom stereocenters. The van der Waals surface area contributed by atoms with E-state index in [1.165, 1.54) is 50.8 Å². The number of hydrogen-bond acceptors (Lipinski definition) is 8. The Hall–Kier alpha value is -2.61. The highest BCUT2D eigenvalue weighted by Gasteiger charge is 2.26. The topological polar surface area (TPSA) is 158 Å². The van der Waals surface area contributed by atoms with Gasteiger partial charge in [-0.15, -0.1) is 0 Å². The lowest BCUT2D eigenvalue weighted by Crippen LogP contribution is -2.23. The zero-order valence-corrected chi connectivity index (χ0v) is 19.5. The van der Waals surface area contributed by atoms with E-state index in [9.17, 15) is 37.1 Å². The highest BCUT2D eigenvalue weighted by atomic mass is 35.7. The lowest BCUT2D eigenvalue weighted by Gasteiger charge is -2.10. The molecular weight excluding hydrogens is 474 g/mol. The molecule has 0 amide bonds. The molecular formula is C17H22ClN3O8S2. The Morgan fingerprint density at radius 3 is 1.42 bits per heavy atom. The van der Waals surface area contributed by atoms with Crippen molar-refractivity contribution in [3.05, 3.63) is 68.8 Å². The molecule has 0 aliphatic heterocycles. The van der Waals surface area contributed by atoms with Gasteiger partial charge >= 0.3 is 0 Å². The zero-order valence-electron chi connectivity index (χ0n) is 17.1. The normalized spacial score (nSPS) is 10.9. The molecule has 14 heteroatoms. The van der Waals surface area contributed by atoms with Gasteiger partial charge in [-0.1, -0.05) is 44.5 Å². The third-order valence-electron chi connectivity index (χ3n) is 3.15. The average Bonchev–Trinajstić information content (AvgIpc) is 2.68. The maximum Gasteiger partial charge on any atom is 0.289 e. The molecule has 0 fully saturated rings. The molecule has 0 heterocycles. The van der Waals surface area contributed by atoms with Gasteiger partial charge in [-0.25, -0.2) is 21.1 Å². The minimum Gasteiger partial charge on any atom is -0.258 e. The molecule has 2 aromatic carbocycles. The van der Waals surface area contributed by atoms with Crippen LogP contribution in [0.4, 0.5) is 11.4 Å². The summed E-state index contributed by atoms with van der Waals surface area (Å²) in [7, 11) is -0.182. The van der Waals surface area contributed by atoms with Crippen LogP contribution in [0.3, 0.4) is 0 Å². The summed E-state index contributed by atoms with van der Waals surface area (Å²) in [5, 5.41) is 21.0. The number of para-hydroxylation sites is 2. The largest absolute Gasteiger partial charge is 0.289 e. The first-order valence-corrected chi connectivity index (χ1v) is 12.3. The quantitative estimate of drug-likeness (QED) is 0.344. The molecule has 0 N–H and O–H groups in total. The van der Waals surface area contributed by atoms with E-state index >= 15 is 0 Å². The van der Waals surface area contributed by atoms with Crippen LogP contribution in [0.25, 0.3) is 0 Å². The number of nitro benzene ring substituents is 2. The second-order valence-electron chi connectivity index (χ2n) is 5.88. The van der Waals surface area contributed by atoms with Gasteiger partial charge < -0.3 is 0 Å². The summed E-state index contributed by atoms with van der Waals surface area (Å²) in [6.45, 7) is 4.25. The molecule has 0 saturated carbocycles. The fourth-order valence-electron chi connectivity index (χ4n) is 1.84. The van der Waals surface area contributed by atoms with E-state index in [4.69, 9.17) is 10.7 Å². The summed E-state index contributed by atoms with van der Waals surface area (Å²) in [6, 6.07) is 10.1. The first-order valence-electron chi connectivity index (χ1n) is 8.55. The van der Waals surface area contributed by atoms with Crippen molar-refractivity contribution in [2.24, 2.45) is 0 Å². The molecule has 0 aromatic heterocycles. The summed E-state index contributed by atoms with van der Waals surface area (Å²) in [5.74, 6) is 0. The number of halogens is 1. The maximum absolute atomic E-state index is 11.7. The molecule has 0 aliphatic rings. The van der Waals surface area contributed by atoms with E-state index in [0.717, 1.165) is 22.5 Å². The van der Waals surface area contributed by atoms with Gasteiger partial charge in [0.05, 0.1) is 9.85 Å². The number of hydrogen-bond donors (Lipinski definition) is 0. The zero-order chi connectivity index (χ0) is 24.4. The van der Waals surface area contributed by atoms with Crippen LogP contribution in [0.1, 0.15) is 20.3 Å². The Morgan fingerprint density at radius 2 is 1.13 bits per heavy atom. The summed E-state index contributed by atoms with van der Waals surface area (Å²) < 4.78 is 45.9. The van der Waals surface area contributed by atoms with Crippen molar-refractivity contribution in [1.29, 1.82) is 0 Å². The summed E-state index contributed by atoms with van der Waals surface area (Å²) in [6.07, 6.45) is 1.25. The van der Waals surface area contributed by atoms with Crippen molar-refractivity contribution in [3.8, 4) is 0 Å². The Labute approximate surface area is 185 Å². The minimum absolute atomic E-state index is 0.292. The van der Waals surface area contributed by atoms with E-state index < -0.39 is 45.2 Å². The van der Waals surface area contributed by atoms with Crippen LogP contribution in [-0.2, 0) is 19.1 Å². The molecule has 31 heavy (non-hydrogen) atoms. The van der Waals surface area contributed by atoms with E-state index in [2.05, 4.69) is 13.8 Å². The van der Waals surface area contributed by atoms with Crippen molar-refractivity contribution in [2.75, 3.05) is 14.1 Å². The standard InChI is InChI=1S/C8H10N2O4S.C6H4ClNO4S.C3H8/c1-9(2)15(13,14)8-6-4-3-5-7(8)10(11)12;7-13(11,12)6-4-2-1-3-5(6)8(9)10;1-3-2/h3-6H,1-2H3;1-4H;3H2,1-2H3. The van der Waals surface area contributed by atoms with Crippen molar-refractivity contribution in [3.63, 3.8) is 0 Å². The van der Waals surface area contributed by atoms with Crippen molar-refractivity contribution in [2.45, 2.75) is 30.1 Å². The third kappa shape index (κ3) is 8.57. The monoisotopic (exact) mass is 495 g/mol. The fourth-order valence-corrected chi connectivity index (χ4v) is 3.91. The lowest BCUT2D eigenvalue weighted by molar-refractivity contribution is -0.388. The number of benzene rings is 2. The molecule has 0 aliphatic carbocycles. The number of nitrogens with zero attached hydrogens (tertiary/aromatic N) is 3. The SMILES string of the molecule is CCC.CN(C)S(=O)(=O)c1ccccc1[N+](=O)[O-].O=[N+]([O-])c1ccccc1S(=O)(=O)Cl. The smallest absolute Gasteiger partial charge is 0.258 e. The molecule has 0 bridgehead atoms. The van der Waals surface area contributed by atoms with E-state index in [1.54, 1.807) is 0 Å². The lowest BCUT2D eigenvalue weighted by atomic mass is 10.3.